The van der Waals surface area contributed by atoms with Crippen LogP contribution in [0, 0.1) is 19.8 Å². The van der Waals surface area contributed by atoms with Crippen molar-refractivity contribution in [1.82, 2.24) is 0 Å². The van der Waals surface area contributed by atoms with Crippen LogP contribution in [-0.2, 0) is 4.79 Å². The number of Topliss-reactive ketones (excluding diaryl/α,β-unsaturated/α-hetero) is 1. The third-order valence-corrected chi connectivity index (χ3v) is 2.85. The second kappa shape index (κ2) is 9.03. The summed E-state index contributed by atoms with van der Waals surface area (Å²) in [4.78, 5) is 23.4. The highest BCUT2D eigenvalue weighted by Gasteiger charge is 2.20. The summed E-state index contributed by atoms with van der Waals surface area (Å²) in [6, 6.07) is 3.47. The first-order valence-electron chi connectivity index (χ1n) is 7.32. The zero-order valence-corrected chi connectivity index (χ0v) is 14.6. The maximum Gasteiger partial charge on any atom is 0.252 e. The molecule has 0 aliphatic heterocycles. The Morgan fingerprint density at radius 3 is 2.05 bits per heavy atom. The van der Waals surface area contributed by atoms with Gasteiger partial charge in [-0.2, -0.15) is 0 Å². The average Bonchev–Trinajstić information content (AvgIpc) is 2.38. The Balaban J connectivity index is 0.000000980. The fraction of sp³-hybridized carbons (Fsp3) is 0.444. The molecule has 1 aromatic carbocycles. The van der Waals surface area contributed by atoms with Gasteiger partial charge in [0.25, 0.3) is 5.91 Å². The molecule has 4 nitrogen and oxygen atoms in total. The second-order valence-electron chi connectivity index (χ2n) is 5.72. The van der Waals surface area contributed by atoms with Gasteiger partial charge in [0, 0.05) is 11.1 Å². The first-order valence-corrected chi connectivity index (χ1v) is 7.32. The molecule has 0 saturated heterocycles. The van der Waals surface area contributed by atoms with Gasteiger partial charge in [0.1, 0.15) is 5.75 Å². The number of carbonyl (C=O) groups is 2. The molecule has 0 fully saturated rings. The number of methoxy groups -OCH3 is 1. The summed E-state index contributed by atoms with van der Waals surface area (Å²) in [7, 11) is 1.55. The smallest absolute Gasteiger partial charge is 0.252 e. The van der Waals surface area contributed by atoms with Crippen LogP contribution in [-0.4, -0.2) is 18.8 Å². The molecule has 0 spiro atoms. The van der Waals surface area contributed by atoms with Crippen LogP contribution in [0.25, 0.3) is 0 Å². The van der Waals surface area contributed by atoms with E-state index in [4.69, 9.17) is 10.5 Å². The predicted molar refractivity (Wildman–Crippen MR) is 90.3 cm³/mol. The molecule has 0 bridgehead atoms. The molecule has 2 N–H and O–H groups in total. The molecule has 4 heteroatoms. The molecule has 0 aliphatic carbocycles. The Morgan fingerprint density at radius 2 is 1.68 bits per heavy atom. The highest BCUT2D eigenvalue weighted by Crippen LogP contribution is 2.27. The Bertz CT molecular complexity index is 569. The molecule has 0 atom stereocenters. The van der Waals surface area contributed by atoms with Crippen LogP contribution in [0.4, 0.5) is 0 Å². The lowest BCUT2D eigenvalue weighted by Gasteiger charge is -2.12. The van der Waals surface area contributed by atoms with Gasteiger partial charge in [0.05, 0.1) is 12.7 Å². The zero-order chi connectivity index (χ0) is 17.4. The molecule has 122 valence electrons. The van der Waals surface area contributed by atoms with Crippen LogP contribution in [0.15, 0.2) is 23.8 Å². The van der Waals surface area contributed by atoms with E-state index in [1.807, 2.05) is 6.92 Å². The molecular weight excluding hydrogens is 278 g/mol. The molecule has 0 saturated carbocycles. The second-order valence-corrected chi connectivity index (χ2v) is 5.72. The third-order valence-electron chi connectivity index (χ3n) is 2.85. The molecule has 0 heterocycles. The van der Waals surface area contributed by atoms with Crippen molar-refractivity contribution in [3.8, 4) is 5.75 Å². The molecule has 0 aromatic heterocycles. The maximum absolute atomic E-state index is 12.2. The lowest BCUT2D eigenvalue weighted by molar-refractivity contribution is -0.114. The molecular formula is C18H27NO3. The molecule has 0 radical (unpaired) electrons. The van der Waals surface area contributed by atoms with Gasteiger partial charge >= 0.3 is 0 Å². The predicted octanol–water partition coefficient (Wildman–Crippen LogP) is 3.59. The molecule has 0 aliphatic rings. The standard InChI is InChI=1S/C14H17NO3.C4H10/c1-5-10(14(15)17)12(16)11-7-6-8(2)13(18-4)9(11)3;1-4(2)3/h5-7H,1-4H3,(H2,15,17);4H,1-3H3/b10-5+;. The number of ketones is 1. The van der Waals surface area contributed by atoms with Crippen LogP contribution >= 0.6 is 0 Å². The number of hydrogen-bond donors (Lipinski definition) is 1. The summed E-state index contributed by atoms with van der Waals surface area (Å²) >= 11 is 0. The summed E-state index contributed by atoms with van der Waals surface area (Å²) in [6.45, 7) is 11.8. The zero-order valence-electron chi connectivity index (χ0n) is 14.6. The van der Waals surface area contributed by atoms with Gasteiger partial charge in [0.2, 0.25) is 0 Å². The lowest BCUT2D eigenvalue weighted by Crippen LogP contribution is -2.21. The largest absolute Gasteiger partial charge is 0.496 e. The fourth-order valence-corrected chi connectivity index (χ4v) is 1.92. The van der Waals surface area contributed by atoms with Crippen LogP contribution in [0.2, 0.25) is 0 Å². The molecule has 1 amide bonds. The Morgan fingerprint density at radius 1 is 1.18 bits per heavy atom. The minimum Gasteiger partial charge on any atom is -0.496 e. The van der Waals surface area contributed by atoms with Crippen LogP contribution in [0.3, 0.4) is 0 Å². The van der Waals surface area contributed by atoms with Gasteiger partial charge in [-0.3, -0.25) is 9.59 Å². The number of aryl methyl sites for hydroxylation is 1. The van der Waals surface area contributed by atoms with Gasteiger partial charge in [0.15, 0.2) is 5.78 Å². The van der Waals surface area contributed by atoms with Crippen LogP contribution < -0.4 is 10.5 Å². The number of hydrogen-bond acceptors (Lipinski definition) is 3. The topological polar surface area (TPSA) is 69.4 Å². The maximum atomic E-state index is 12.2. The summed E-state index contributed by atoms with van der Waals surface area (Å²) in [5, 5.41) is 0. The Labute approximate surface area is 133 Å². The normalized spacial score (nSPS) is 10.8. The van der Waals surface area contributed by atoms with Crippen molar-refractivity contribution in [3.05, 3.63) is 40.5 Å². The van der Waals surface area contributed by atoms with E-state index in [-0.39, 0.29) is 11.4 Å². The van der Waals surface area contributed by atoms with Crippen molar-refractivity contribution in [2.45, 2.75) is 41.5 Å². The Kier molecular flexibility index (Phi) is 8.17. The number of ether oxygens (including phenoxy) is 1. The van der Waals surface area contributed by atoms with Crippen molar-refractivity contribution in [2.75, 3.05) is 7.11 Å². The monoisotopic (exact) mass is 305 g/mol. The van der Waals surface area contributed by atoms with Crippen LogP contribution in [0.1, 0.15) is 49.2 Å². The third kappa shape index (κ3) is 5.35. The van der Waals surface area contributed by atoms with Gasteiger partial charge in [-0.1, -0.05) is 39.0 Å². The van der Waals surface area contributed by atoms with Crippen molar-refractivity contribution >= 4 is 11.7 Å². The number of allylic oxidation sites excluding steroid dienone is 1. The minimum absolute atomic E-state index is 0.0102. The van der Waals surface area contributed by atoms with E-state index in [0.29, 0.717) is 16.9 Å². The number of rotatable bonds is 4. The highest BCUT2D eigenvalue weighted by molar-refractivity contribution is 6.25. The van der Waals surface area contributed by atoms with E-state index in [9.17, 15) is 9.59 Å². The van der Waals surface area contributed by atoms with Crippen molar-refractivity contribution in [3.63, 3.8) is 0 Å². The van der Waals surface area contributed by atoms with E-state index < -0.39 is 5.91 Å². The summed E-state index contributed by atoms with van der Waals surface area (Å²) in [6.07, 6.45) is 1.43. The molecule has 1 rings (SSSR count). The summed E-state index contributed by atoms with van der Waals surface area (Å²) < 4.78 is 5.25. The van der Waals surface area contributed by atoms with Crippen LogP contribution in [0.5, 0.6) is 5.75 Å². The first kappa shape index (κ1) is 19.9. The minimum atomic E-state index is -0.721. The van der Waals surface area contributed by atoms with Gasteiger partial charge < -0.3 is 10.5 Å². The van der Waals surface area contributed by atoms with Crippen molar-refractivity contribution in [1.29, 1.82) is 0 Å². The summed E-state index contributed by atoms with van der Waals surface area (Å²) in [5.41, 5.74) is 7.25. The van der Waals surface area contributed by atoms with Crippen molar-refractivity contribution < 1.29 is 14.3 Å². The van der Waals surface area contributed by atoms with E-state index in [1.165, 1.54) is 6.08 Å². The number of carbonyl (C=O) groups excluding carboxylic acids is 2. The van der Waals surface area contributed by atoms with Gasteiger partial charge in [-0.25, -0.2) is 0 Å². The van der Waals surface area contributed by atoms with E-state index >= 15 is 0 Å². The highest BCUT2D eigenvalue weighted by atomic mass is 16.5. The number of primary amides is 1. The quantitative estimate of drug-likeness (QED) is 0.400. The van der Waals surface area contributed by atoms with Gasteiger partial charge in [-0.05, 0) is 32.3 Å². The molecule has 0 unspecified atom stereocenters. The van der Waals surface area contributed by atoms with E-state index in [1.54, 1.807) is 33.1 Å². The number of benzene rings is 1. The Hall–Kier alpha value is -2.10. The summed E-state index contributed by atoms with van der Waals surface area (Å²) in [5.74, 6) is 0.392. The lowest BCUT2D eigenvalue weighted by atomic mass is 9.96. The number of nitrogens with two attached hydrogens (primary N) is 1. The van der Waals surface area contributed by atoms with E-state index in [2.05, 4.69) is 20.8 Å². The first-order chi connectivity index (χ1) is 10.2. The molecule has 1 aromatic rings. The van der Waals surface area contributed by atoms with Crippen molar-refractivity contribution in [2.24, 2.45) is 11.7 Å². The number of amides is 1. The molecule has 22 heavy (non-hydrogen) atoms. The SMILES string of the molecule is C/C=C(/C(N)=O)C(=O)c1ccc(C)c(OC)c1C.CC(C)C. The van der Waals surface area contributed by atoms with Gasteiger partial charge in [-0.15, -0.1) is 0 Å². The fourth-order valence-electron chi connectivity index (χ4n) is 1.92. The average molecular weight is 305 g/mol. The van der Waals surface area contributed by atoms with E-state index in [0.717, 1.165) is 11.5 Å².